The molecule has 0 saturated carbocycles. The highest BCUT2D eigenvalue weighted by Gasteiger charge is 2.53. The summed E-state index contributed by atoms with van der Waals surface area (Å²) in [6.45, 7) is 8.51. The van der Waals surface area contributed by atoms with Gasteiger partial charge in [-0.25, -0.2) is 0 Å². The average molecular weight is 589 g/mol. The van der Waals surface area contributed by atoms with Crippen LogP contribution >= 0.6 is 0 Å². The van der Waals surface area contributed by atoms with E-state index >= 15 is 0 Å². The fourth-order valence-corrected chi connectivity index (χ4v) is 4.96. The number of unbranched alkanes of at least 4 members (excludes halogenated alkanes) is 5. The summed E-state index contributed by atoms with van der Waals surface area (Å²) in [5.41, 5.74) is 0. The van der Waals surface area contributed by atoms with Gasteiger partial charge in [-0.05, 0) is 19.3 Å². The van der Waals surface area contributed by atoms with Gasteiger partial charge >= 0.3 is 23.9 Å². The molecule has 0 amide bonds. The Balaban J connectivity index is 0. The van der Waals surface area contributed by atoms with Crippen LogP contribution in [-0.4, -0.2) is 81.2 Å². The zero-order valence-corrected chi connectivity index (χ0v) is 22.7. The van der Waals surface area contributed by atoms with E-state index in [-0.39, 0.29) is 6.61 Å². The number of carbonyl (C=O) groups is 4. The van der Waals surface area contributed by atoms with Crippen LogP contribution in [-0.2, 0) is 44.2 Å². The third-order valence-corrected chi connectivity index (χ3v) is 8.24. The Labute approximate surface area is 221 Å². The molecule has 2 unspecified atom stereocenters. The molecule has 0 bridgehead atoms. The summed E-state index contributed by atoms with van der Waals surface area (Å²) in [7, 11) is -10.00. The second-order valence-electron chi connectivity index (χ2n) is 8.27. The first-order valence-corrected chi connectivity index (χ1v) is 14.3. The maximum atomic E-state index is 12.1. The monoisotopic (exact) mass is 588 g/mol. The van der Waals surface area contributed by atoms with Crippen LogP contribution in [0.3, 0.4) is 0 Å². The number of hydrogen-bond donors (Lipinski definition) is 5. The van der Waals surface area contributed by atoms with E-state index in [1.165, 1.54) is 0 Å². The molecule has 0 aromatic heterocycles. The predicted molar refractivity (Wildman–Crippen MR) is 135 cm³/mol. The Kier molecular flexibility index (Phi) is 16.6. The highest BCUT2D eigenvalue weighted by Crippen LogP contribution is 2.28. The van der Waals surface area contributed by atoms with Crippen LogP contribution in [0.1, 0.15) is 71.1 Å². The number of carboxylic acid groups (broad SMARTS) is 3. The number of aliphatic carboxylic acids is 3. The van der Waals surface area contributed by atoms with Gasteiger partial charge in [0.15, 0.2) is 0 Å². The van der Waals surface area contributed by atoms with E-state index in [2.05, 4.69) is 20.1 Å². The molecule has 0 saturated heterocycles. The Morgan fingerprint density at radius 1 is 0.737 bits per heavy atom. The summed E-state index contributed by atoms with van der Waals surface area (Å²) in [6, 6.07) is 0. The normalized spacial score (nSPS) is 14.5. The SMILES string of the molecule is C=CCC(CC(=O)O)(C(=O)O)S(=O)(=O)O.C=CCC(CC(=O)O)(C(=O)OCCCCCCCC)S(=O)(=O)O. The molecule has 0 aromatic rings. The van der Waals surface area contributed by atoms with E-state index in [9.17, 15) is 40.6 Å². The van der Waals surface area contributed by atoms with Crippen molar-refractivity contribution in [1.29, 1.82) is 0 Å². The number of carbonyl (C=O) groups excluding carboxylic acids is 1. The first-order valence-electron chi connectivity index (χ1n) is 11.4. The van der Waals surface area contributed by atoms with Gasteiger partial charge in [0.1, 0.15) is 0 Å². The summed E-state index contributed by atoms with van der Waals surface area (Å²) in [5, 5.41) is 26.0. The molecule has 2 atom stereocenters. The van der Waals surface area contributed by atoms with E-state index in [1.54, 1.807) is 0 Å². The van der Waals surface area contributed by atoms with E-state index in [1.807, 2.05) is 0 Å². The molecule has 0 fully saturated rings. The van der Waals surface area contributed by atoms with Gasteiger partial charge in [0, 0.05) is 0 Å². The highest BCUT2D eigenvalue weighted by molar-refractivity contribution is 7.88. The van der Waals surface area contributed by atoms with Crippen molar-refractivity contribution in [3.63, 3.8) is 0 Å². The van der Waals surface area contributed by atoms with E-state index < -0.39 is 79.3 Å². The summed E-state index contributed by atoms with van der Waals surface area (Å²) in [5.74, 6) is -6.35. The summed E-state index contributed by atoms with van der Waals surface area (Å²) < 4.78 is 62.6. The van der Waals surface area contributed by atoms with Crippen LogP contribution in [0.4, 0.5) is 0 Å². The Bertz CT molecular complexity index is 1050. The Morgan fingerprint density at radius 2 is 1.13 bits per heavy atom. The minimum atomic E-state index is -5.03. The standard InChI is InChI=1S/C15H26O7S.C7H10O7S/c1-3-5-6-7-8-9-11-22-14(18)15(10-4-2,12-13(16)17)23(19,20)21;1-2-3-7(6(10)11,4-5(8)9)15(12,13)14/h4H,2-3,5-12H2,1H3,(H,16,17)(H,19,20,21);2H,1,3-4H2,(H,8,9)(H,10,11)(H,12,13,14). The molecule has 0 rings (SSSR count). The van der Waals surface area contributed by atoms with Crippen molar-refractivity contribution in [2.45, 2.75) is 80.6 Å². The van der Waals surface area contributed by atoms with Crippen LogP contribution in [0, 0.1) is 0 Å². The average Bonchev–Trinajstić information content (AvgIpc) is 2.75. The number of hydrogen-bond acceptors (Lipinski definition) is 9. The molecule has 220 valence electrons. The van der Waals surface area contributed by atoms with Crippen molar-refractivity contribution >= 4 is 44.1 Å². The maximum Gasteiger partial charge on any atom is 0.330 e. The summed E-state index contributed by atoms with van der Waals surface area (Å²) in [6.07, 6.45) is 4.15. The lowest BCUT2D eigenvalue weighted by molar-refractivity contribution is -0.151. The molecule has 14 nitrogen and oxygen atoms in total. The van der Waals surface area contributed by atoms with Crippen LogP contribution in [0.2, 0.25) is 0 Å². The predicted octanol–water partition coefficient (Wildman–Crippen LogP) is 2.32. The first-order chi connectivity index (χ1) is 17.4. The van der Waals surface area contributed by atoms with Gasteiger partial charge in [-0.15, -0.1) is 13.2 Å². The number of carboxylic acids is 3. The molecule has 0 aromatic carbocycles. The second-order valence-corrected chi connectivity index (χ2v) is 11.7. The van der Waals surface area contributed by atoms with Gasteiger partial charge in [-0.2, -0.15) is 16.8 Å². The van der Waals surface area contributed by atoms with E-state index in [0.29, 0.717) is 6.42 Å². The first kappa shape index (κ1) is 37.3. The fraction of sp³-hybridized carbons (Fsp3) is 0.636. The van der Waals surface area contributed by atoms with E-state index in [0.717, 1.165) is 44.3 Å². The molecule has 0 aliphatic carbocycles. The fourth-order valence-electron chi connectivity index (χ4n) is 3.21. The minimum absolute atomic E-state index is 0.0149. The molecule has 0 aliphatic rings. The topological polar surface area (TPSA) is 247 Å². The lowest BCUT2D eigenvalue weighted by Crippen LogP contribution is -2.48. The van der Waals surface area contributed by atoms with Crippen LogP contribution in [0.15, 0.2) is 25.3 Å². The third-order valence-electron chi connectivity index (χ3n) is 5.30. The van der Waals surface area contributed by atoms with Gasteiger partial charge in [-0.3, -0.25) is 28.3 Å². The molecular formula is C22H36O14S2. The van der Waals surface area contributed by atoms with Gasteiger partial charge in [0.2, 0.25) is 9.49 Å². The zero-order chi connectivity index (χ0) is 30.2. The van der Waals surface area contributed by atoms with Crippen molar-refractivity contribution in [3.05, 3.63) is 25.3 Å². The van der Waals surface area contributed by atoms with Crippen LogP contribution < -0.4 is 0 Å². The second kappa shape index (κ2) is 16.9. The van der Waals surface area contributed by atoms with Crippen LogP contribution in [0.25, 0.3) is 0 Å². The molecule has 0 spiro atoms. The molecule has 16 heteroatoms. The summed E-state index contributed by atoms with van der Waals surface area (Å²) in [4.78, 5) is 44.1. The van der Waals surface area contributed by atoms with Crippen molar-refractivity contribution in [3.8, 4) is 0 Å². The molecule has 38 heavy (non-hydrogen) atoms. The van der Waals surface area contributed by atoms with E-state index in [4.69, 9.17) is 24.6 Å². The van der Waals surface area contributed by atoms with Gasteiger partial charge in [-0.1, -0.05) is 51.2 Å². The van der Waals surface area contributed by atoms with Crippen molar-refractivity contribution < 1.29 is 65.2 Å². The van der Waals surface area contributed by atoms with Crippen molar-refractivity contribution in [1.82, 2.24) is 0 Å². The smallest absolute Gasteiger partial charge is 0.330 e. The summed E-state index contributed by atoms with van der Waals surface area (Å²) >= 11 is 0. The Morgan fingerprint density at radius 3 is 1.50 bits per heavy atom. The van der Waals surface area contributed by atoms with Gasteiger partial charge < -0.3 is 20.1 Å². The molecule has 5 N–H and O–H groups in total. The number of ether oxygens (including phenoxy) is 1. The van der Waals surface area contributed by atoms with Gasteiger partial charge in [0.05, 0.1) is 19.4 Å². The lowest BCUT2D eigenvalue weighted by Gasteiger charge is -2.25. The third kappa shape index (κ3) is 11.7. The quantitative estimate of drug-likeness (QED) is 0.0629. The molecule has 0 radical (unpaired) electrons. The number of esters is 1. The zero-order valence-electron chi connectivity index (χ0n) is 21.1. The van der Waals surface area contributed by atoms with Crippen LogP contribution in [0.5, 0.6) is 0 Å². The molecular weight excluding hydrogens is 552 g/mol. The molecule has 0 aliphatic heterocycles. The van der Waals surface area contributed by atoms with Gasteiger partial charge in [0.25, 0.3) is 20.2 Å². The lowest BCUT2D eigenvalue weighted by atomic mass is 10.0. The highest BCUT2D eigenvalue weighted by atomic mass is 32.2. The minimum Gasteiger partial charge on any atom is -0.481 e. The van der Waals surface area contributed by atoms with Crippen molar-refractivity contribution in [2.75, 3.05) is 6.61 Å². The number of rotatable bonds is 19. The number of allylic oxidation sites excluding steroid dienone is 2. The molecule has 0 heterocycles. The Hall–Kier alpha value is -2.82. The van der Waals surface area contributed by atoms with Crippen molar-refractivity contribution in [2.24, 2.45) is 0 Å². The largest absolute Gasteiger partial charge is 0.481 e. The maximum absolute atomic E-state index is 12.1.